The number of aliphatic carboxylic acids is 1. The van der Waals surface area contributed by atoms with Crippen molar-refractivity contribution in [1.82, 2.24) is 10.3 Å². The van der Waals surface area contributed by atoms with Gasteiger partial charge in [-0.05, 0) is 49.4 Å². The summed E-state index contributed by atoms with van der Waals surface area (Å²) in [7, 11) is 0. The number of nitrogens with zero attached hydrogens (tertiary/aromatic N) is 2. The summed E-state index contributed by atoms with van der Waals surface area (Å²) in [4.78, 5) is 30.4. The average molecular weight is 459 g/mol. The Morgan fingerprint density at radius 3 is 2.72 bits per heavy atom. The van der Waals surface area contributed by atoms with Crippen molar-refractivity contribution in [2.45, 2.75) is 57.4 Å². The maximum Gasteiger partial charge on any atom is 0.304 e. The number of carboxylic acid groups (broad SMARTS) is 1. The Balaban J connectivity index is 1.43. The molecule has 4 rings (SSSR count). The average Bonchev–Trinajstić information content (AvgIpc) is 3.25. The number of carbonyl (C=O) groups is 2. The lowest BCUT2D eigenvalue weighted by atomic mass is 9.87. The first kappa shape index (κ1) is 22.8. The largest absolute Gasteiger partial charge is 0.481 e. The third kappa shape index (κ3) is 5.70. The van der Waals surface area contributed by atoms with Crippen molar-refractivity contribution >= 4 is 45.9 Å². The summed E-state index contributed by atoms with van der Waals surface area (Å²) in [5.74, 6) is 0.574. The molecule has 0 radical (unpaired) electrons. The van der Waals surface area contributed by atoms with Crippen molar-refractivity contribution in [1.29, 1.82) is 0 Å². The molecule has 2 aliphatic rings. The Bertz CT molecular complexity index is 977. The molecule has 3 N–H and O–H groups in total. The minimum atomic E-state index is -0.788. The number of rotatable bonds is 8. The number of carbonyl (C=O) groups excluding carboxylic acids is 1. The van der Waals surface area contributed by atoms with Crippen LogP contribution in [0.1, 0.15) is 51.4 Å². The number of pyridine rings is 1. The van der Waals surface area contributed by atoms with Crippen LogP contribution in [-0.2, 0) is 9.59 Å². The van der Waals surface area contributed by atoms with E-state index in [1.807, 2.05) is 18.2 Å². The highest BCUT2D eigenvalue weighted by molar-refractivity contribution is 6.35. The Morgan fingerprint density at radius 1 is 1.12 bits per heavy atom. The molecule has 2 fully saturated rings. The monoisotopic (exact) mass is 458 g/mol. The molecule has 7 nitrogen and oxygen atoms in total. The van der Waals surface area contributed by atoms with E-state index in [2.05, 4.69) is 15.5 Å². The smallest absolute Gasteiger partial charge is 0.304 e. The van der Waals surface area contributed by atoms with Gasteiger partial charge in [0.25, 0.3) is 0 Å². The third-order valence-corrected chi connectivity index (χ3v) is 6.87. The van der Waals surface area contributed by atoms with Gasteiger partial charge in [0.15, 0.2) is 0 Å². The van der Waals surface area contributed by atoms with Crippen LogP contribution in [-0.4, -0.2) is 47.6 Å². The number of halogens is 1. The van der Waals surface area contributed by atoms with Crippen molar-refractivity contribution in [2.24, 2.45) is 5.92 Å². The molecule has 2 aromatic rings. The van der Waals surface area contributed by atoms with Crippen LogP contribution in [0.5, 0.6) is 0 Å². The van der Waals surface area contributed by atoms with E-state index in [9.17, 15) is 9.59 Å². The Hall–Kier alpha value is -2.38. The normalized spacial score (nSPS) is 19.4. The zero-order valence-electron chi connectivity index (χ0n) is 18.3. The number of hydrogen-bond acceptors (Lipinski definition) is 5. The summed E-state index contributed by atoms with van der Waals surface area (Å²) < 4.78 is 0. The molecule has 1 aromatic carbocycles. The Morgan fingerprint density at radius 2 is 1.94 bits per heavy atom. The number of aromatic nitrogens is 1. The van der Waals surface area contributed by atoms with Crippen molar-refractivity contribution in [3.63, 3.8) is 0 Å². The first-order chi connectivity index (χ1) is 15.5. The molecule has 32 heavy (non-hydrogen) atoms. The zero-order valence-corrected chi connectivity index (χ0v) is 19.0. The molecule has 0 bridgehead atoms. The van der Waals surface area contributed by atoms with Gasteiger partial charge in [-0.3, -0.25) is 9.59 Å². The van der Waals surface area contributed by atoms with Gasteiger partial charge in [-0.1, -0.05) is 30.9 Å². The van der Waals surface area contributed by atoms with Crippen LogP contribution in [0.2, 0.25) is 5.02 Å². The predicted molar refractivity (Wildman–Crippen MR) is 127 cm³/mol. The van der Waals surface area contributed by atoms with E-state index in [1.165, 1.54) is 19.3 Å². The topological polar surface area (TPSA) is 94.6 Å². The Kier molecular flexibility index (Phi) is 7.48. The summed E-state index contributed by atoms with van der Waals surface area (Å²) in [6.07, 6.45) is 7.58. The SMILES string of the molecule is O=C(O)CCN[C@H]1CCN(c2ccc3c(NC(=O)CC4CCCCC4)c(Cl)ccc3n2)C1. The molecule has 1 aromatic heterocycles. The maximum atomic E-state index is 12.7. The van der Waals surface area contributed by atoms with Gasteiger partial charge in [0.2, 0.25) is 5.91 Å². The van der Waals surface area contributed by atoms with E-state index in [1.54, 1.807) is 6.07 Å². The number of nitrogens with one attached hydrogen (secondary N) is 2. The second-order valence-electron chi connectivity index (χ2n) is 8.94. The van der Waals surface area contributed by atoms with Crippen molar-refractivity contribution in [3.05, 3.63) is 29.3 Å². The Labute approximate surface area is 193 Å². The van der Waals surface area contributed by atoms with Gasteiger partial charge < -0.3 is 20.6 Å². The molecule has 2 heterocycles. The number of anilines is 2. The van der Waals surface area contributed by atoms with Gasteiger partial charge in [0, 0.05) is 37.5 Å². The fourth-order valence-corrected chi connectivity index (χ4v) is 5.04. The van der Waals surface area contributed by atoms with E-state index >= 15 is 0 Å². The predicted octanol–water partition coefficient (Wildman–Crippen LogP) is 4.44. The number of benzene rings is 1. The molecule has 1 saturated carbocycles. The van der Waals surface area contributed by atoms with Crippen molar-refractivity contribution in [2.75, 3.05) is 29.9 Å². The number of hydrogen-bond donors (Lipinski definition) is 3. The number of fused-ring (bicyclic) bond motifs is 1. The molecule has 8 heteroatoms. The van der Waals surface area contributed by atoms with Crippen LogP contribution in [0.3, 0.4) is 0 Å². The van der Waals surface area contributed by atoms with E-state index in [0.29, 0.717) is 29.6 Å². The van der Waals surface area contributed by atoms with Crippen LogP contribution in [0, 0.1) is 5.92 Å². The lowest BCUT2D eigenvalue weighted by molar-refractivity contribution is -0.136. The molecule has 1 aliphatic carbocycles. The summed E-state index contributed by atoms with van der Waals surface area (Å²) in [6, 6.07) is 7.88. The zero-order chi connectivity index (χ0) is 22.5. The molecule has 1 aliphatic heterocycles. The van der Waals surface area contributed by atoms with Crippen molar-refractivity contribution < 1.29 is 14.7 Å². The van der Waals surface area contributed by atoms with E-state index in [0.717, 1.165) is 49.1 Å². The molecule has 172 valence electrons. The molecule has 1 amide bonds. The maximum absolute atomic E-state index is 12.7. The summed E-state index contributed by atoms with van der Waals surface area (Å²) in [5.41, 5.74) is 1.43. The molecule has 0 spiro atoms. The van der Waals surface area contributed by atoms with Crippen LogP contribution in [0.15, 0.2) is 24.3 Å². The standard InChI is InChI=1S/C24H31ClN4O3/c25-19-7-8-20-18(24(19)28-22(30)14-16-4-2-1-3-5-16)6-9-21(27-20)29-13-11-17(15-29)26-12-10-23(31)32/h6-9,16-17,26H,1-5,10-15H2,(H,28,30)(H,31,32)/t17-/m0/s1. The van der Waals surface area contributed by atoms with Gasteiger partial charge in [0.1, 0.15) is 5.82 Å². The summed E-state index contributed by atoms with van der Waals surface area (Å²) in [6.45, 7) is 2.12. The van der Waals surface area contributed by atoms with E-state index < -0.39 is 5.97 Å². The van der Waals surface area contributed by atoms with Crippen molar-refractivity contribution in [3.8, 4) is 0 Å². The van der Waals surface area contributed by atoms with Crippen LogP contribution >= 0.6 is 11.6 Å². The van der Waals surface area contributed by atoms with Crippen LogP contribution in [0.25, 0.3) is 10.9 Å². The first-order valence-electron chi connectivity index (χ1n) is 11.6. The minimum absolute atomic E-state index is 0.0187. The number of amides is 1. The number of carboxylic acids is 1. The van der Waals surface area contributed by atoms with Gasteiger partial charge in [-0.15, -0.1) is 0 Å². The second kappa shape index (κ2) is 10.5. The fraction of sp³-hybridized carbons (Fsp3) is 0.542. The van der Waals surface area contributed by atoms with Gasteiger partial charge in [-0.2, -0.15) is 0 Å². The molecule has 1 atom stereocenters. The highest BCUT2D eigenvalue weighted by Gasteiger charge is 2.24. The van der Waals surface area contributed by atoms with Crippen LogP contribution < -0.4 is 15.5 Å². The molecule has 0 unspecified atom stereocenters. The summed E-state index contributed by atoms with van der Waals surface area (Å²) in [5, 5.41) is 16.5. The summed E-state index contributed by atoms with van der Waals surface area (Å²) >= 11 is 6.44. The van der Waals surface area contributed by atoms with Gasteiger partial charge in [-0.25, -0.2) is 4.98 Å². The highest BCUT2D eigenvalue weighted by Crippen LogP contribution is 2.33. The van der Waals surface area contributed by atoms with Gasteiger partial charge >= 0.3 is 5.97 Å². The van der Waals surface area contributed by atoms with Gasteiger partial charge in [0.05, 0.1) is 22.6 Å². The fourth-order valence-electron chi connectivity index (χ4n) is 4.83. The van der Waals surface area contributed by atoms with E-state index in [-0.39, 0.29) is 18.4 Å². The minimum Gasteiger partial charge on any atom is -0.481 e. The highest BCUT2D eigenvalue weighted by atomic mass is 35.5. The molecular weight excluding hydrogens is 428 g/mol. The third-order valence-electron chi connectivity index (χ3n) is 6.55. The molecular formula is C24H31ClN4O3. The second-order valence-corrected chi connectivity index (χ2v) is 9.35. The van der Waals surface area contributed by atoms with Crippen LogP contribution in [0.4, 0.5) is 11.5 Å². The lowest BCUT2D eigenvalue weighted by Crippen LogP contribution is -2.34. The van der Waals surface area contributed by atoms with E-state index in [4.69, 9.17) is 21.7 Å². The molecule has 1 saturated heterocycles. The lowest BCUT2D eigenvalue weighted by Gasteiger charge is -2.21. The quantitative estimate of drug-likeness (QED) is 0.541. The first-order valence-corrected chi connectivity index (χ1v) is 12.0.